The largest absolute Gasteiger partial charge is 0.472 e. The summed E-state index contributed by atoms with van der Waals surface area (Å²) >= 11 is 0. The Morgan fingerprint density at radius 1 is 0.446 bits per heavy atom. The van der Waals surface area contributed by atoms with Gasteiger partial charge < -0.3 is 19.8 Å². The molecule has 3 atom stereocenters. The highest BCUT2D eigenvalue weighted by Crippen LogP contribution is 2.43. The van der Waals surface area contributed by atoms with E-state index in [-0.39, 0.29) is 19.1 Å². The summed E-state index contributed by atoms with van der Waals surface area (Å²) in [6.45, 7) is 4.82. The van der Waals surface area contributed by atoms with Crippen LogP contribution in [-0.4, -0.2) is 73.4 Å². The highest BCUT2D eigenvalue weighted by Gasteiger charge is 2.27. The van der Waals surface area contributed by atoms with Crippen molar-refractivity contribution in [3.05, 3.63) is 36.5 Å². The summed E-state index contributed by atoms with van der Waals surface area (Å²) in [5, 5.41) is 13.9. The van der Waals surface area contributed by atoms with Crippen LogP contribution in [0.1, 0.15) is 322 Å². The number of hydrogen-bond donors (Lipinski definition) is 3. The van der Waals surface area contributed by atoms with Crippen LogP contribution in [0.15, 0.2) is 36.5 Å². The molecule has 0 aliphatic heterocycles. The summed E-state index contributed by atoms with van der Waals surface area (Å²) in [7, 11) is 1.56. The molecule has 0 heterocycles. The van der Waals surface area contributed by atoms with Gasteiger partial charge in [0, 0.05) is 6.42 Å². The summed E-state index contributed by atoms with van der Waals surface area (Å²) in [6, 6.07) is -0.868. The van der Waals surface area contributed by atoms with Gasteiger partial charge in [-0.15, -0.1) is 0 Å². The molecule has 3 N–H and O–H groups in total. The van der Waals surface area contributed by atoms with E-state index in [1.807, 2.05) is 27.2 Å². The number of aliphatic hydroxyl groups is 1. The van der Waals surface area contributed by atoms with Gasteiger partial charge in [0.1, 0.15) is 13.2 Å². The normalized spacial score (nSPS) is 14.0. The lowest BCUT2D eigenvalue weighted by atomic mass is 10.0. The summed E-state index contributed by atoms with van der Waals surface area (Å²) in [5.41, 5.74) is 0. The zero-order chi connectivity index (χ0) is 54.2. The van der Waals surface area contributed by atoms with E-state index in [2.05, 4.69) is 43.5 Å². The topological polar surface area (TPSA) is 105 Å². The molecule has 0 saturated heterocycles. The van der Waals surface area contributed by atoms with Crippen LogP contribution in [0.4, 0.5) is 0 Å². The number of unbranched alkanes of at least 4 members (excludes halogenated alkanes) is 43. The molecule has 8 nitrogen and oxygen atoms in total. The lowest BCUT2D eigenvalue weighted by molar-refractivity contribution is -0.870. The molecule has 0 fully saturated rings. The number of nitrogens with zero attached hydrogens (tertiary/aromatic N) is 1. The van der Waals surface area contributed by atoms with E-state index in [1.165, 1.54) is 257 Å². The summed E-state index contributed by atoms with van der Waals surface area (Å²) in [4.78, 5) is 23.3. The second-order valence-electron chi connectivity index (χ2n) is 23.5. The van der Waals surface area contributed by atoms with Crippen LogP contribution in [0.5, 0.6) is 0 Å². The van der Waals surface area contributed by atoms with Gasteiger partial charge in [-0.05, 0) is 44.9 Å². The number of rotatable bonds is 60. The second kappa shape index (κ2) is 56.4. The Hall–Kier alpha value is -1.28. The van der Waals surface area contributed by atoms with E-state index in [0.29, 0.717) is 17.4 Å². The van der Waals surface area contributed by atoms with Crippen LogP contribution < -0.4 is 5.32 Å². The number of amides is 1. The third kappa shape index (κ3) is 58.4. The zero-order valence-corrected chi connectivity index (χ0v) is 51.0. The second-order valence-corrected chi connectivity index (χ2v) is 24.9. The standard InChI is InChI=1S/C65H127N2O6P/c1-6-8-10-12-14-16-18-20-22-24-26-27-28-29-30-31-32-33-34-35-36-37-38-39-40-41-43-45-47-49-51-53-55-57-59-65(69)66-63(62-73-74(70,71)72-61-60-67(3,4)5)64(68)58-56-54-52-50-48-46-44-42-25-23-21-19-17-15-13-11-9-7-2/h25,42,48,50,56,58,63-64,68H,6-24,26-41,43-47,49,51-55,57,59-62H2,1-5H3,(H-,66,69,70,71)/p+1/b42-25+,50-48+,58-56+. The molecule has 438 valence electrons. The van der Waals surface area contributed by atoms with Crippen molar-refractivity contribution in [1.29, 1.82) is 0 Å². The molecule has 74 heavy (non-hydrogen) atoms. The lowest BCUT2D eigenvalue weighted by Gasteiger charge is -2.25. The van der Waals surface area contributed by atoms with E-state index in [1.54, 1.807) is 6.08 Å². The van der Waals surface area contributed by atoms with Gasteiger partial charge in [0.25, 0.3) is 0 Å². The maximum Gasteiger partial charge on any atom is 0.472 e. The Kier molecular flexibility index (Phi) is 55.5. The number of phosphoric acid groups is 1. The molecule has 0 aromatic heterocycles. The minimum absolute atomic E-state index is 0.0552. The van der Waals surface area contributed by atoms with Crippen molar-refractivity contribution >= 4 is 13.7 Å². The van der Waals surface area contributed by atoms with Crippen molar-refractivity contribution in [1.82, 2.24) is 5.32 Å². The number of aliphatic hydroxyl groups excluding tert-OH is 1. The van der Waals surface area contributed by atoms with Crippen LogP contribution in [0.25, 0.3) is 0 Å². The molecular weight excluding hydrogens is 936 g/mol. The number of allylic oxidation sites excluding steroid dienone is 5. The quantitative estimate of drug-likeness (QED) is 0.0243. The molecule has 0 radical (unpaired) electrons. The van der Waals surface area contributed by atoms with Gasteiger partial charge >= 0.3 is 7.82 Å². The summed E-state index contributed by atoms with van der Waals surface area (Å²) in [5.74, 6) is -0.185. The van der Waals surface area contributed by atoms with E-state index < -0.39 is 20.0 Å². The first-order valence-electron chi connectivity index (χ1n) is 32.4. The van der Waals surface area contributed by atoms with Crippen molar-refractivity contribution in [2.24, 2.45) is 0 Å². The average Bonchev–Trinajstić information content (AvgIpc) is 3.36. The van der Waals surface area contributed by atoms with Crippen LogP contribution in [0.2, 0.25) is 0 Å². The van der Waals surface area contributed by atoms with Crippen molar-refractivity contribution < 1.29 is 32.9 Å². The molecule has 9 heteroatoms. The van der Waals surface area contributed by atoms with Gasteiger partial charge in [-0.2, -0.15) is 0 Å². The number of hydrogen-bond acceptors (Lipinski definition) is 5. The lowest BCUT2D eigenvalue weighted by Crippen LogP contribution is -2.45. The number of quaternary nitrogens is 1. The molecular formula is C65H128N2O6P+. The first-order valence-corrected chi connectivity index (χ1v) is 33.9. The number of carbonyl (C=O) groups is 1. The molecule has 0 spiro atoms. The third-order valence-electron chi connectivity index (χ3n) is 14.8. The number of phosphoric ester groups is 1. The number of carbonyl (C=O) groups excluding carboxylic acids is 1. The van der Waals surface area contributed by atoms with Crippen molar-refractivity contribution in [2.45, 2.75) is 334 Å². The zero-order valence-electron chi connectivity index (χ0n) is 50.1. The predicted molar refractivity (Wildman–Crippen MR) is 323 cm³/mol. The number of likely N-dealkylation sites (N-methyl/N-ethyl adjacent to an activating group) is 1. The molecule has 0 aliphatic rings. The average molecular weight is 1060 g/mol. The van der Waals surface area contributed by atoms with Crippen molar-refractivity contribution in [3.8, 4) is 0 Å². The maximum absolute atomic E-state index is 13.0. The maximum atomic E-state index is 13.0. The Morgan fingerprint density at radius 3 is 1.08 bits per heavy atom. The molecule has 3 unspecified atom stereocenters. The van der Waals surface area contributed by atoms with Gasteiger partial charge in [-0.1, -0.05) is 307 Å². The van der Waals surface area contributed by atoms with Crippen LogP contribution in [-0.2, 0) is 18.4 Å². The summed E-state index contributed by atoms with van der Waals surface area (Å²) < 4.78 is 23.7. The SMILES string of the molecule is CCCCCCCCCC/C=C/CC/C=C/CC/C=C/C(O)C(COP(=O)(O)OCC[N+](C)(C)C)NC(=O)CCCCCCCCCCCCCCCCCCCCCCCCCCCCCCCCCCCC. The van der Waals surface area contributed by atoms with Gasteiger partial charge in [0.2, 0.25) is 5.91 Å². The Labute approximate surface area is 461 Å². The molecule has 0 aliphatic carbocycles. The highest BCUT2D eigenvalue weighted by molar-refractivity contribution is 7.47. The third-order valence-corrected chi connectivity index (χ3v) is 15.8. The smallest absolute Gasteiger partial charge is 0.387 e. The van der Waals surface area contributed by atoms with Gasteiger partial charge in [-0.25, -0.2) is 4.57 Å². The summed E-state index contributed by atoms with van der Waals surface area (Å²) in [6.07, 6.45) is 74.3. The molecule has 0 aromatic carbocycles. The van der Waals surface area contributed by atoms with Crippen LogP contribution >= 0.6 is 7.82 Å². The Morgan fingerprint density at radius 2 is 0.743 bits per heavy atom. The Bertz CT molecular complexity index is 1300. The monoisotopic (exact) mass is 1060 g/mol. The Balaban J connectivity index is 4.02. The fourth-order valence-corrected chi connectivity index (χ4v) is 10.5. The molecule has 0 rings (SSSR count). The first kappa shape index (κ1) is 72.7. The van der Waals surface area contributed by atoms with Gasteiger partial charge in [0.05, 0.1) is 39.9 Å². The number of nitrogens with one attached hydrogen (secondary N) is 1. The van der Waals surface area contributed by atoms with E-state index in [9.17, 15) is 19.4 Å². The van der Waals surface area contributed by atoms with Crippen LogP contribution in [0.3, 0.4) is 0 Å². The fourth-order valence-electron chi connectivity index (χ4n) is 9.78. The first-order chi connectivity index (χ1) is 36.0. The highest BCUT2D eigenvalue weighted by atomic mass is 31.2. The molecule has 0 bridgehead atoms. The molecule has 1 amide bonds. The van der Waals surface area contributed by atoms with Gasteiger partial charge in [0.15, 0.2) is 0 Å². The minimum Gasteiger partial charge on any atom is -0.387 e. The van der Waals surface area contributed by atoms with Crippen molar-refractivity contribution in [2.75, 3.05) is 40.9 Å². The fraction of sp³-hybridized carbons (Fsp3) is 0.892. The van der Waals surface area contributed by atoms with E-state index in [0.717, 1.165) is 44.9 Å². The van der Waals surface area contributed by atoms with Crippen molar-refractivity contribution in [3.63, 3.8) is 0 Å². The van der Waals surface area contributed by atoms with E-state index in [4.69, 9.17) is 9.05 Å². The minimum atomic E-state index is -4.36. The molecule has 0 saturated carbocycles. The van der Waals surface area contributed by atoms with E-state index >= 15 is 0 Å². The molecule has 0 aromatic rings. The van der Waals surface area contributed by atoms with Gasteiger partial charge in [-0.3, -0.25) is 13.8 Å². The predicted octanol–water partition coefficient (Wildman–Crippen LogP) is 20.1. The van der Waals surface area contributed by atoms with Crippen LogP contribution in [0, 0.1) is 0 Å².